The summed E-state index contributed by atoms with van der Waals surface area (Å²) in [6.45, 7) is 4.76. The molecule has 226 valence electrons. The number of fused-ring (bicyclic) bond motifs is 1. The Morgan fingerprint density at radius 3 is 2.65 bits per heavy atom. The second-order valence-electron chi connectivity index (χ2n) is 11.7. The average Bonchev–Trinajstić information content (AvgIpc) is 3.51. The molecular formula is C32H35F3N6O2. The van der Waals surface area contributed by atoms with Crippen molar-refractivity contribution in [2.24, 2.45) is 13.0 Å². The van der Waals surface area contributed by atoms with Crippen LogP contribution in [0.5, 0.6) is 0 Å². The maximum atomic E-state index is 14.3. The maximum Gasteiger partial charge on any atom is 0.416 e. The molecule has 0 saturated heterocycles. The van der Waals surface area contributed by atoms with Crippen molar-refractivity contribution in [1.82, 2.24) is 25.0 Å². The van der Waals surface area contributed by atoms with E-state index in [4.69, 9.17) is 0 Å². The zero-order valence-electron chi connectivity index (χ0n) is 24.8. The normalized spacial score (nSPS) is 19.6. The zero-order valence-corrected chi connectivity index (χ0v) is 24.8. The minimum atomic E-state index is -4.61. The van der Waals surface area contributed by atoms with Gasteiger partial charge in [-0.15, -0.1) is 10.2 Å². The van der Waals surface area contributed by atoms with Gasteiger partial charge in [0.15, 0.2) is 0 Å². The van der Waals surface area contributed by atoms with Crippen LogP contribution >= 0.6 is 0 Å². The van der Waals surface area contributed by atoms with E-state index in [2.05, 4.69) is 34.3 Å². The van der Waals surface area contributed by atoms with Gasteiger partial charge in [0, 0.05) is 31.4 Å². The number of halogens is 3. The minimum absolute atomic E-state index is 0.00525. The van der Waals surface area contributed by atoms with Crippen LogP contribution in [0.2, 0.25) is 0 Å². The molecule has 1 N–H and O–H groups in total. The highest BCUT2D eigenvalue weighted by atomic mass is 19.4. The lowest BCUT2D eigenvalue weighted by atomic mass is 9.58. The van der Waals surface area contributed by atoms with Gasteiger partial charge in [-0.1, -0.05) is 25.0 Å². The first kappa shape index (κ1) is 30.3. The van der Waals surface area contributed by atoms with Crippen molar-refractivity contribution in [2.45, 2.75) is 57.8 Å². The largest absolute Gasteiger partial charge is 0.416 e. The molecule has 0 radical (unpaired) electrons. The average molecular weight is 593 g/mol. The van der Waals surface area contributed by atoms with Gasteiger partial charge in [0.05, 0.1) is 17.5 Å². The predicted octanol–water partition coefficient (Wildman–Crippen LogP) is 4.67. The lowest BCUT2D eigenvalue weighted by Gasteiger charge is -2.46. The molecule has 1 aliphatic carbocycles. The molecule has 1 aromatic heterocycles. The summed E-state index contributed by atoms with van der Waals surface area (Å²) in [5, 5.41) is 11.1. The molecule has 11 heteroatoms. The quantitative estimate of drug-likeness (QED) is 0.289. The van der Waals surface area contributed by atoms with Gasteiger partial charge in [0.25, 0.3) is 11.8 Å². The fraction of sp³-hybridized carbons (Fsp3) is 0.438. The number of nitrogens with one attached hydrogen (secondary N) is 1. The highest BCUT2D eigenvalue weighted by molar-refractivity contribution is 6.10. The van der Waals surface area contributed by atoms with E-state index in [1.807, 2.05) is 34.7 Å². The third-order valence-electron chi connectivity index (χ3n) is 8.34. The van der Waals surface area contributed by atoms with Crippen LogP contribution in [0, 0.1) is 17.8 Å². The number of carbonyl (C=O) groups excluding carboxylic acids is 2. The molecule has 0 bridgehead atoms. The molecule has 2 aliphatic rings. The van der Waals surface area contributed by atoms with E-state index in [1.165, 1.54) is 4.90 Å². The first-order valence-electron chi connectivity index (χ1n) is 14.3. The molecule has 0 atom stereocenters. The van der Waals surface area contributed by atoms with Crippen LogP contribution in [-0.4, -0.2) is 51.6 Å². The Bertz CT molecular complexity index is 1600. The number of nitrogens with zero attached hydrogens (tertiary/aromatic N) is 5. The van der Waals surface area contributed by atoms with Crippen molar-refractivity contribution < 1.29 is 22.8 Å². The summed E-state index contributed by atoms with van der Waals surface area (Å²) in [5.74, 6) is 5.44. The van der Waals surface area contributed by atoms with Crippen molar-refractivity contribution >= 4 is 17.5 Å². The standard InChI is InChI=1S/C32H35F3N6O2/c1-5-8-28(42)36-11-7-12-39(3)18-22-13-25-26(27(14-22)32(33,34)35)19-41(29(25)43)24-10-6-9-23(15-24)31(16-21(2)17-31)30-38-37-20-40(30)4/h6,9-10,13-15,20-21H,7,11-12,16-19H2,1-4H3,(H,36,42). The third-order valence-corrected chi connectivity index (χ3v) is 8.34. The number of anilines is 1. The third kappa shape index (κ3) is 6.02. The first-order chi connectivity index (χ1) is 20.4. The van der Waals surface area contributed by atoms with Crippen LogP contribution in [0.25, 0.3) is 0 Å². The Hall–Kier alpha value is -4.17. The van der Waals surface area contributed by atoms with E-state index in [0.29, 0.717) is 36.7 Å². The number of hydrogen-bond acceptors (Lipinski definition) is 5. The Kier molecular flexibility index (Phi) is 8.34. The summed E-state index contributed by atoms with van der Waals surface area (Å²) in [5.41, 5.74) is 0.860. The molecule has 2 amide bonds. The topological polar surface area (TPSA) is 83.4 Å². The van der Waals surface area contributed by atoms with Gasteiger partial charge in [-0.05, 0) is 92.6 Å². The minimum Gasteiger partial charge on any atom is -0.345 e. The Morgan fingerprint density at radius 1 is 1.23 bits per heavy atom. The van der Waals surface area contributed by atoms with E-state index < -0.39 is 17.6 Å². The van der Waals surface area contributed by atoms with Crippen molar-refractivity contribution in [3.8, 4) is 11.8 Å². The number of alkyl halides is 3. The van der Waals surface area contributed by atoms with E-state index in [-0.39, 0.29) is 35.5 Å². The Balaban J connectivity index is 1.38. The fourth-order valence-corrected chi connectivity index (χ4v) is 6.49. The highest BCUT2D eigenvalue weighted by Crippen LogP contribution is 2.52. The maximum absolute atomic E-state index is 14.3. The molecule has 2 heterocycles. The van der Waals surface area contributed by atoms with Gasteiger partial charge < -0.3 is 19.7 Å². The van der Waals surface area contributed by atoms with Crippen molar-refractivity contribution in [1.29, 1.82) is 0 Å². The molecule has 1 saturated carbocycles. The molecule has 1 aliphatic heterocycles. The van der Waals surface area contributed by atoms with Gasteiger partial charge in [-0.25, -0.2) is 0 Å². The second-order valence-corrected chi connectivity index (χ2v) is 11.7. The van der Waals surface area contributed by atoms with E-state index >= 15 is 0 Å². The van der Waals surface area contributed by atoms with Crippen molar-refractivity contribution in [2.75, 3.05) is 25.0 Å². The van der Waals surface area contributed by atoms with E-state index in [9.17, 15) is 22.8 Å². The number of hydrogen-bond donors (Lipinski definition) is 1. The second kappa shape index (κ2) is 11.8. The van der Waals surface area contributed by atoms with Crippen LogP contribution in [-0.2, 0) is 36.5 Å². The molecule has 5 rings (SSSR count). The molecule has 3 aromatic rings. The van der Waals surface area contributed by atoms with Crippen LogP contribution in [0.3, 0.4) is 0 Å². The smallest absolute Gasteiger partial charge is 0.345 e. The molecule has 8 nitrogen and oxygen atoms in total. The SMILES string of the molecule is CC#CC(=O)NCCCN(C)Cc1cc2c(c(C(F)(F)F)c1)CN(c1cccc(C3(c4nncn4C)CC(C)C3)c1)C2=O. The number of amides is 2. The van der Waals surface area contributed by atoms with Crippen LogP contribution in [0.1, 0.15) is 71.5 Å². The fourth-order valence-electron chi connectivity index (χ4n) is 6.49. The Labute approximate surface area is 249 Å². The van der Waals surface area contributed by atoms with Crippen molar-refractivity contribution in [3.05, 3.63) is 76.4 Å². The molecular weight excluding hydrogens is 557 g/mol. The monoisotopic (exact) mass is 592 g/mol. The number of aromatic nitrogens is 3. The summed E-state index contributed by atoms with van der Waals surface area (Å²) >= 11 is 0. The predicted molar refractivity (Wildman–Crippen MR) is 156 cm³/mol. The molecule has 43 heavy (non-hydrogen) atoms. The lowest BCUT2D eigenvalue weighted by Crippen LogP contribution is -2.43. The van der Waals surface area contributed by atoms with Gasteiger partial charge >= 0.3 is 6.18 Å². The summed E-state index contributed by atoms with van der Waals surface area (Å²) in [6, 6.07) is 10.3. The number of rotatable bonds is 9. The first-order valence-corrected chi connectivity index (χ1v) is 14.3. The number of benzene rings is 2. The highest BCUT2D eigenvalue weighted by Gasteiger charge is 2.48. The summed E-state index contributed by atoms with van der Waals surface area (Å²) < 4.78 is 44.8. The summed E-state index contributed by atoms with van der Waals surface area (Å²) in [7, 11) is 3.70. The van der Waals surface area contributed by atoms with Crippen LogP contribution < -0.4 is 10.2 Å². The van der Waals surface area contributed by atoms with Gasteiger partial charge in [0.2, 0.25) is 0 Å². The van der Waals surface area contributed by atoms with Gasteiger partial charge in [-0.2, -0.15) is 13.2 Å². The molecule has 1 fully saturated rings. The molecule has 2 aromatic carbocycles. The number of carbonyl (C=O) groups is 2. The summed E-state index contributed by atoms with van der Waals surface area (Å²) in [4.78, 5) is 28.5. The van der Waals surface area contributed by atoms with Crippen LogP contribution in [0.4, 0.5) is 18.9 Å². The molecule has 0 spiro atoms. The summed E-state index contributed by atoms with van der Waals surface area (Å²) in [6.07, 6.45) is -0.614. The molecule has 0 unspecified atom stereocenters. The van der Waals surface area contributed by atoms with E-state index in [0.717, 1.165) is 30.3 Å². The van der Waals surface area contributed by atoms with Crippen molar-refractivity contribution in [3.63, 3.8) is 0 Å². The Morgan fingerprint density at radius 2 is 2.00 bits per heavy atom. The number of aryl methyl sites for hydroxylation is 1. The van der Waals surface area contributed by atoms with Gasteiger partial charge in [0.1, 0.15) is 12.2 Å². The van der Waals surface area contributed by atoms with Gasteiger partial charge in [-0.3, -0.25) is 9.59 Å². The lowest BCUT2D eigenvalue weighted by molar-refractivity contribution is -0.138. The van der Waals surface area contributed by atoms with E-state index in [1.54, 1.807) is 32.4 Å². The van der Waals surface area contributed by atoms with Crippen LogP contribution in [0.15, 0.2) is 42.7 Å². The zero-order chi connectivity index (χ0) is 30.9.